The molecule has 5 nitrogen and oxygen atoms in total. The molecular weight excluding hydrogens is 242 g/mol. The van der Waals surface area contributed by atoms with Gasteiger partial charge in [-0.25, -0.2) is 0 Å². The van der Waals surface area contributed by atoms with Crippen molar-refractivity contribution >= 4 is 17.2 Å². The third kappa shape index (κ3) is 1.79. The number of hydrogen-bond donors (Lipinski definition) is 0. The van der Waals surface area contributed by atoms with Crippen molar-refractivity contribution in [3.05, 3.63) is 53.5 Å². The molecule has 5 heteroatoms. The molecule has 0 saturated carbocycles. The van der Waals surface area contributed by atoms with Crippen LogP contribution in [-0.2, 0) is 6.54 Å². The fourth-order valence-electron chi connectivity index (χ4n) is 2.18. The van der Waals surface area contributed by atoms with E-state index in [4.69, 9.17) is 4.52 Å². The van der Waals surface area contributed by atoms with Crippen molar-refractivity contribution < 1.29 is 9.32 Å². The van der Waals surface area contributed by atoms with Gasteiger partial charge in [0.2, 0.25) is 0 Å². The van der Waals surface area contributed by atoms with Crippen molar-refractivity contribution in [1.82, 2.24) is 9.72 Å². The summed E-state index contributed by atoms with van der Waals surface area (Å²) in [7, 11) is 0. The Hall–Kier alpha value is -2.87. The van der Waals surface area contributed by atoms with Gasteiger partial charge in [-0.3, -0.25) is 4.79 Å². The van der Waals surface area contributed by atoms with Crippen molar-refractivity contribution in [2.75, 3.05) is 0 Å². The molecule has 0 radical (unpaired) electrons. The highest BCUT2D eigenvalue weighted by atomic mass is 16.5. The van der Waals surface area contributed by atoms with Crippen LogP contribution in [0.4, 0.5) is 0 Å². The van der Waals surface area contributed by atoms with Gasteiger partial charge in [0.15, 0.2) is 12.0 Å². The van der Waals surface area contributed by atoms with Gasteiger partial charge < -0.3 is 9.09 Å². The van der Waals surface area contributed by atoms with Crippen molar-refractivity contribution in [3.8, 4) is 6.07 Å². The minimum Gasteiger partial charge on any atom is -0.359 e. The Morgan fingerprint density at radius 1 is 1.42 bits per heavy atom. The summed E-state index contributed by atoms with van der Waals surface area (Å²) in [5.41, 5.74) is 1.78. The number of rotatable bonds is 3. The fourth-order valence-corrected chi connectivity index (χ4v) is 2.18. The first-order valence-corrected chi connectivity index (χ1v) is 5.70. The number of aromatic nitrogens is 2. The fraction of sp³-hybridized carbons (Fsp3) is 0.0714. The van der Waals surface area contributed by atoms with Crippen LogP contribution in [0.2, 0.25) is 0 Å². The minimum absolute atomic E-state index is 0.371. The zero-order valence-corrected chi connectivity index (χ0v) is 9.91. The molecule has 19 heavy (non-hydrogen) atoms. The zero-order valence-electron chi connectivity index (χ0n) is 9.91. The molecule has 2 heterocycles. The number of benzene rings is 1. The van der Waals surface area contributed by atoms with Crippen LogP contribution in [-0.4, -0.2) is 16.0 Å². The molecule has 0 aliphatic carbocycles. The van der Waals surface area contributed by atoms with Gasteiger partial charge in [-0.05, 0) is 12.1 Å². The largest absolute Gasteiger partial charge is 0.359 e. The summed E-state index contributed by atoms with van der Waals surface area (Å²) in [6.07, 6.45) is 2.32. The molecule has 1 aromatic carbocycles. The van der Waals surface area contributed by atoms with E-state index in [9.17, 15) is 10.1 Å². The van der Waals surface area contributed by atoms with E-state index in [0.29, 0.717) is 23.6 Å². The summed E-state index contributed by atoms with van der Waals surface area (Å²) in [4.78, 5) is 11.2. The SMILES string of the molecule is N#Cc1cccc2cc(C=O)n(Cc3ccno3)c12. The number of carbonyl (C=O) groups is 1. The van der Waals surface area contributed by atoms with Gasteiger partial charge in [0.05, 0.1) is 29.5 Å². The Bertz CT molecular complexity index is 779. The molecule has 0 atom stereocenters. The highest BCUT2D eigenvalue weighted by molar-refractivity contribution is 5.92. The molecule has 0 aliphatic heterocycles. The van der Waals surface area contributed by atoms with Crippen LogP contribution < -0.4 is 0 Å². The summed E-state index contributed by atoms with van der Waals surface area (Å²) >= 11 is 0. The van der Waals surface area contributed by atoms with Crippen LogP contribution >= 0.6 is 0 Å². The number of carbonyl (C=O) groups excluding carboxylic acids is 1. The topological polar surface area (TPSA) is 71.8 Å². The lowest BCUT2D eigenvalue weighted by atomic mass is 10.1. The van der Waals surface area contributed by atoms with Gasteiger partial charge in [0, 0.05) is 11.5 Å². The van der Waals surface area contributed by atoms with Crippen LogP contribution in [0.5, 0.6) is 0 Å². The summed E-state index contributed by atoms with van der Waals surface area (Å²) in [5, 5.41) is 13.7. The van der Waals surface area contributed by atoms with Gasteiger partial charge in [-0.1, -0.05) is 17.3 Å². The normalized spacial score (nSPS) is 10.5. The average molecular weight is 251 g/mol. The van der Waals surface area contributed by atoms with Gasteiger partial charge in [-0.15, -0.1) is 0 Å². The Morgan fingerprint density at radius 3 is 3.00 bits per heavy atom. The molecule has 0 saturated heterocycles. The maximum absolute atomic E-state index is 11.2. The second kappa shape index (κ2) is 4.42. The number of aldehydes is 1. The van der Waals surface area contributed by atoms with Crippen LogP contribution in [0.25, 0.3) is 10.9 Å². The van der Waals surface area contributed by atoms with E-state index in [1.165, 1.54) is 0 Å². The Balaban J connectivity index is 2.26. The standard InChI is InChI=1S/C14H9N3O2/c15-7-11-3-1-2-10-6-12(9-18)17(14(10)11)8-13-4-5-16-19-13/h1-6,9H,8H2. The van der Waals surface area contributed by atoms with E-state index in [1.807, 2.05) is 6.07 Å². The lowest BCUT2D eigenvalue weighted by Gasteiger charge is -2.05. The maximum atomic E-state index is 11.2. The van der Waals surface area contributed by atoms with Gasteiger partial charge in [0.1, 0.15) is 6.07 Å². The first-order chi connectivity index (χ1) is 9.33. The van der Waals surface area contributed by atoms with E-state index in [1.54, 1.807) is 35.0 Å². The molecule has 0 bridgehead atoms. The van der Waals surface area contributed by atoms with E-state index >= 15 is 0 Å². The molecule has 0 N–H and O–H groups in total. The second-order valence-corrected chi connectivity index (χ2v) is 4.11. The third-order valence-electron chi connectivity index (χ3n) is 3.00. The first kappa shape index (κ1) is 11.2. The number of nitriles is 1. The van der Waals surface area contributed by atoms with Crippen LogP contribution in [0, 0.1) is 11.3 Å². The van der Waals surface area contributed by atoms with E-state index in [0.717, 1.165) is 17.2 Å². The Morgan fingerprint density at radius 2 is 2.32 bits per heavy atom. The van der Waals surface area contributed by atoms with Crippen molar-refractivity contribution in [2.45, 2.75) is 6.54 Å². The molecule has 3 rings (SSSR count). The average Bonchev–Trinajstić information content (AvgIpc) is 3.06. The number of nitrogens with zero attached hydrogens (tertiary/aromatic N) is 3. The quantitative estimate of drug-likeness (QED) is 0.670. The first-order valence-electron chi connectivity index (χ1n) is 5.70. The summed E-state index contributed by atoms with van der Waals surface area (Å²) in [6, 6.07) is 11.0. The number of para-hydroxylation sites is 1. The molecule has 0 amide bonds. The molecule has 0 spiro atoms. The molecular formula is C14H9N3O2. The molecule has 92 valence electrons. The van der Waals surface area contributed by atoms with Crippen molar-refractivity contribution in [3.63, 3.8) is 0 Å². The highest BCUT2D eigenvalue weighted by Crippen LogP contribution is 2.23. The molecule has 2 aromatic heterocycles. The summed E-state index contributed by atoms with van der Waals surface area (Å²) in [6.45, 7) is 0.371. The van der Waals surface area contributed by atoms with E-state index < -0.39 is 0 Å². The van der Waals surface area contributed by atoms with Crippen LogP contribution in [0.1, 0.15) is 21.8 Å². The minimum atomic E-state index is 0.371. The van der Waals surface area contributed by atoms with E-state index in [-0.39, 0.29) is 0 Å². The summed E-state index contributed by atoms with van der Waals surface area (Å²) < 4.78 is 6.82. The lowest BCUT2D eigenvalue weighted by molar-refractivity contribution is 0.111. The van der Waals surface area contributed by atoms with Crippen LogP contribution in [0.3, 0.4) is 0 Å². The van der Waals surface area contributed by atoms with Crippen LogP contribution in [0.15, 0.2) is 41.1 Å². The van der Waals surface area contributed by atoms with Gasteiger partial charge in [-0.2, -0.15) is 5.26 Å². The zero-order chi connectivity index (χ0) is 13.2. The number of fused-ring (bicyclic) bond motifs is 1. The molecule has 0 unspecified atom stereocenters. The van der Waals surface area contributed by atoms with Gasteiger partial charge >= 0.3 is 0 Å². The van der Waals surface area contributed by atoms with Gasteiger partial charge in [0.25, 0.3) is 0 Å². The maximum Gasteiger partial charge on any atom is 0.166 e. The van der Waals surface area contributed by atoms with Crippen molar-refractivity contribution in [1.29, 1.82) is 5.26 Å². The Labute approximate surface area is 108 Å². The predicted octanol–water partition coefficient (Wildman–Crippen LogP) is 2.36. The predicted molar refractivity (Wildman–Crippen MR) is 67.6 cm³/mol. The smallest absolute Gasteiger partial charge is 0.166 e. The second-order valence-electron chi connectivity index (χ2n) is 4.11. The van der Waals surface area contributed by atoms with Crippen molar-refractivity contribution in [2.24, 2.45) is 0 Å². The molecule has 0 fully saturated rings. The molecule has 0 aliphatic rings. The number of hydrogen-bond acceptors (Lipinski definition) is 4. The lowest BCUT2D eigenvalue weighted by Crippen LogP contribution is -2.03. The highest BCUT2D eigenvalue weighted by Gasteiger charge is 2.13. The third-order valence-corrected chi connectivity index (χ3v) is 3.00. The summed E-state index contributed by atoms with van der Waals surface area (Å²) in [5.74, 6) is 0.633. The Kier molecular flexibility index (Phi) is 2.62. The molecule has 3 aromatic rings. The monoisotopic (exact) mass is 251 g/mol. The van der Waals surface area contributed by atoms with E-state index in [2.05, 4.69) is 11.2 Å².